The summed E-state index contributed by atoms with van der Waals surface area (Å²) in [6.07, 6.45) is 3.21. The number of rotatable bonds is 3. The van der Waals surface area contributed by atoms with E-state index in [1.807, 2.05) is 13.8 Å². The fourth-order valence-corrected chi connectivity index (χ4v) is 1.58. The minimum absolute atomic E-state index is 0.153. The van der Waals surface area contributed by atoms with Crippen molar-refractivity contribution in [1.82, 2.24) is 9.78 Å². The summed E-state index contributed by atoms with van der Waals surface area (Å²) in [5, 5.41) is 8.88. The monoisotopic (exact) mass is 203 g/mol. The number of nitrogens with zero attached hydrogens (tertiary/aromatic N) is 2. The highest BCUT2D eigenvalue weighted by atomic mass is 32.2. The van der Waals surface area contributed by atoms with Crippen molar-refractivity contribution in [2.24, 2.45) is 5.14 Å². The summed E-state index contributed by atoms with van der Waals surface area (Å²) in [4.78, 5) is 0. The lowest BCUT2D eigenvalue weighted by atomic mass is 10.4. The van der Waals surface area contributed by atoms with Crippen LogP contribution >= 0.6 is 0 Å². The van der Waals surface area contributed by atoms with E-state index in [2.05, 4.69) is 5.10 Å². The molecule has 2 N–H and O–H groups in total. The molecule has 0 aromatic carbocycles. The molecule has 13 heavy (non-hydrogen) atoms. The Morgan fingerprint density at radius 1 is 1.62 bits per heavy atom. The molecule has 1 heterocycles. The van der Waals surface area contributed by atoms with Crippen molar-refractivity contribution < 1.29 is 8.42 Å². The zero-order chi connectivity index (χ0) is 10.1. The predicted molar refractivity (Wildman–Crippen MR) is 49.4 cm³/mol. The molecular weight excluding hydrogens is 190 g/mol. The van der Waals surface area contributed by atoms with Crippen LogP contribution in [0.25, 0.3) is 0 Å². The highest BCUT2D eigenvalue weighted by molar-refractivity contribution is 7.88. The SMILES string of the molecule is CC(C)n1cc(CS(N)(=O)=O)cn1. The largest absolute Gasteiger partial charge is 0.270 e. The lowest BCUT2D eigenvalue weighted by molar-refractivity contribution is 0.532. The molecule has 1 rings (SSSR count). The van der Waals surface area contributed by atoms with E-state index in [0.29, 0.717) is 5.56 Å². The number of sulfonamides is 1. The molecule has 0 aliphatic heterocycles. The Bertz CT molecular complexity index is 380. The zero-order valence-corrected chi connectivity index (χ0v) is 8.45. The van der Waals surface area contributed by atoms with Gasteiger partial charge in [-0.3, -0.25) is 4.68 Å². The van der Waals surface area contributed by atoms with Gasteiger partial charge in [0.1, 0.15) is 0 Å². The van der Waals surface area contributed by atoms with Gasteiger partial charge in [-0.2, -0.15) is 5.10 Å². The van der Waals surface area contributed by atoms with Gasteiger partial charge in [0.25, 0.3) is 0 Å². The van der Waals surface area contributed by atoms with Gasteiger partial charge in [0.05, 0.1) is 11.9 Å². The molecule has 0 aliphatic rings. The quantitative estimate of drug-likeness (QED) is 0.765. The van der Waals surface area contributed by atoms with Gasteiger partial charge in [0.15, 0.2) is 0 Å². The summed E-state index contributed by atoms with van der Waals surface area (Å²) >= 11 is 0. The van der Waals surface area contributed by atoms with Crippen LogP contribution in [0.1, 0.15) is 25.5 Å². The number of primary sulfonamides is 1. The highest BCUT2D eigenvalue weighted by Crippen LogP contribution is 2.06. The Morgan fingerprint density at radius 2 is 2.23 bits per heavy atom. The Morgan fingerprint density at radius 3 is 2.62 bits per heavy atom. The van der Waals surface area contributed by atoms with Crippen LogP contribution in [-0.2, 0) is 15.8 Å². The minimum atomic E-state index is -3.44. The van der Waals surface area contributed by atoms with E-state index in [-0.39, 0.29) is 11.8 Å². The van der Waals surface area contributed by atoms with E-state index in [1.54, 1.807) is 10.9 Å². The second-order valence-electron chi connectivity index (χ2n) is 3.23. The van der Waals surface area contributed by atoms with Crippen molar-refractivity contribution in [2.75, 3.05) is 0 Å². The maximum atomic E-state index is 10.7. The van der Waals surface area contributed by atoms with Crippen LogP contribution in [0.4, 0.5) is 0 Å². The van der Waals surface area contributed by atoms with E-state index >= 15 is 0 Å². The van der Waals surface area contributed by atoms with Gasteiger partial charge < -0.3 is 0 Å². The third-order valence-corrected chi connectivity index (χ3v) is 2.29. The summed E-state index contributed by atoms with van der Waals surface area (Å²) in [5.41, 5.74) is 0.621. The van der Waals surface area contributed by atoms with Gasteiger partial charge in [-0.1, -0.05) is 0 Å². The molecule has 6 heteroatoms. The van der Waals surface area contributed by atoms with E-state index < -0.39 is 10.0 Å². The van der Waals surface area contributed by atoms with Crippen LogP contribution in [0, 0.1) is 0 Å². The molecule has 1 aromatic heterocycles. The molecule has 5 nitrogen and oxygen atoms in total. The standard InChI is InChI=1S/C7H13N3O2S/c1-6(2)10-4-7(3-9-10)5-13(8,11)12/h3-4,6H,5H2,1-2H3,(H2,8,11,12). The Hall–Kier alpha value is -0.880. The fourth-order valence-electron chi connectivity index (χ4n) is 0.967. The van der Waals surface area contributed by atoms with Gasteiger partial charge in [-0.25, -0.2) is 13.6 Å². The van der Waals surface area contributed by atoms with Gasteiger partial charge in [0, 0.05) is 17.8 Å². The molecule has 0 amide bonds. The average molecular weight is 203 g/mol. The second-order valence-corrected chi connectivity index (χ2v) is 4.84. The summed E-state index contributed by atoms with van der Waals surface area (Å²) in [7, 11) is -3.44. The maximum absolute atomic E-state index is 10.7. The molecule has 0 saturated carbocycles. The van der Waals surface area contributed by atoms with Gasteiger partial charge in [0.2, 0.25) is 10.0 Å². The van der Waals surface area contributed by atoms with E-state index in [0.717, 1.165) is 0 Å². The van der Waals surface area contributed by atoms with Gasteiger partial charge in [-0.15, -0.1) is 0 Å². The average Bonchev–Trinajstić information content (AvgIpc) is 2.31. The molecule has 0 atom stereocenters. The van der Waals surface area contributed by atoms with Gasteiger partial charge >= 0.3 is 0 Å². The zero-order valence-electron chi connectivity index (χ0n) is 7.64. The van der Waals surface area contributed by atoms with Crippen molar-refractivity contribution >= 4 is 10.0 Å². The number of hydrogen-bond acceptors (Lipinski definition) is 3. The third-order valence-electron chi connectivity index (χ3n) is 1.55. The summed E-state index contributed by atoms with van der Waals surface area (Å²) < 4.78 is 23.1. The van der Waals surface area contributed by atoms with Crippen LogP contribution in [0.3, 0.4) is 0 Å². The molecule has 0 bridgehead atoms. The number of hydrogen-bond donors (Lipinski definition) is 1. The number of nitrogens with two attached hydrogens (primary N) is 1. The van der Waals surface area contributed by atoms with Crippen LogP contribution in [0.2, 0.25) is 0 Å². The molecular formula is C7H13N3O2S. The topological polar surface area (TPSA) is 78.0 Å². The molecule has 74 valence electrons. The van der Waals surface area contributed by atoms with Crippen LogP contribution in [0.5, 0.6) is 0 Å². The molecule has 0 radical (unpaired) electrons. The van der Waals surface area contributed by atoms with Crippen molar-refractivity contribution in [3.05, 3.63) is 18.0 Å². The smallest absolute Gasteiger partial charge is 0.213 e. The second kappa shape index (κ2) is 3.47. The van der Waals surface area contributed by atoms with Crippen LogP contribution < -0.4 is 5.14 Å². The van der Waals surface area contributed by atoms with Crippen molar-refractivity contribution in [3.63, 3.8) is 0 Å². The minimum Gasteiger partial charge on any atom is -0.270 e. The van der Waals surface area contributed by atoms with Crippen molar-refractivity contribution in [2.45, 2.75) is 25.6 Å². The predicted octanol–water partition coefficient (Wildman–Crippen LogP) is 0.253. The molecule has 0 unspecified atom stereocenters. The summed E-state index contributed by atoms with van der Waals surface area (Å²) in [6, 6.07) is 0.231. The Labute approximate surface area is 77.6 Å². The normalized spacial score (nSPS) is 12.3. The highest BCUT2D eigenvalue weighted by Gasteiger charge is 2.08. The Kier molecular flexibility index (Phi) is 2.72. The third kappa shape index (κ3) is 3.16. The van der Waals surface area contributed by atoms with E-state index in [1.165, 1.54) is 6.20 Å². The first-order valence-electron chi connectivity index (χ1n) is 3.92. The Balaban J connectivity index is 2.81. The fraction of sp³-hybridized carbons (Fsp3) is 0.571. The molecule has 0 spiro atoms. The summed E-state index contributed by atoms with van der Waals surface area (Å²) in [6.45, 7) is 3.93. The molecule has 1 aromatic rings. The van der Waals surface area contributed by atoms with E-state index in [4.69, 9.17) is 5.14 Å². The maximum Gasteiger partial charge on any atom is 0.213 e. The van der Waals surface area contributed by atoms with Crippen molar-refractivity contribution in [1.29, 1.82) is 0 Å². The first-order valence-corrected chi connectivity index (χ1v) is 5.63. The first kappa shape index (κ1) is 10.2. The van der Waals surface area contributed by atoms with Crippen LogP contribution in [-0.4, -0.2) is 18.2 Å². The lowest BCUT2D eigenvalue weighted by Gasteiger charge is -2.02. The summed E-state index contributed by atoms with van der Waals surface area (Å²) in [5.74, 6) is -0.153. The molecule has 0 fully saturated rings. The first-order chi connectivity index (χ1) is 5.88. The molecule has 0 aliphatic carbocycles. The lowest BCUT2D eigenvalue weighted by Crippen LogP contribution is -2.14. The van der Waals surface area contributed by atoms with Crippen molar-refractivity contribution in [3.8, 4) is 0 Å². The van der Waals surface area contributed by atoms with E-state index in [9.17, 15) is 8.42 Å². The molecule has 0 saturated heterocycles. The number of aromatic nitrogens is 2. The van der Waals surface area contributed by atoms with Gasteiger partial charge in [-0.05, 0) is 13.8 Å². The van der Waals surface area contributed by atoms with Crippen LogP contribution in [0.15, 0.2) is 12.4 Å².